The number of nitrogens with one attached hydrogen (secondary N) is 2. The maximum Gasteiger partial charge on any atom is 0.126 e. The van der Waals surface area contributed by atoms with Crippen molar-refractivity contribution in [3.63, 3.8) is 0 Å². The van der Waals surface area contributed by atoms with Gasteiger partial charge in [0.25, 0.3) is 0 Å². The summed E-state index contributed by atoms with van der Waals surface area (Å²) in [5.74, 6) is 1.14. The first-order chi connectivity index (χ1) is 9.24. The van der Waals surface area contributed by atoms with Gasteiger partial charge in [0.2, 0.25) is 0 Å². The number of nitrogens with zero attached hydrogens (tertiary/aromatic N) is 1. The molecule has 0 unspecified atom stereocenters. The average molecular weight is 253 g/mol. The van der Waals surface area contributed by atoms with Crippen molar-refractivity contribution in [1.82, 2.24) is 15.5 Å². The van der Waals surface area contributed by atoms with E-state index in [1.54, 1.807) is 0 Å². The van der Waals surface area contributed by atoms with Crippen molar-refractivity contribution < 1.29 is 0 Å². The Hall–Kier alpha value is -2.16. The summed E-state index contributed by atoms with van der Waals surface area (Å²) in [6.07, 6.45) is 8.69. The van der Waals surface area contributed by atoms with Crippen LogP contribution < -0.4 is 10.6 Å². The van der Waals surface area contributed by atoms with Crippen molar-refractivity contribution >= 4 is 0 Å². The van der Waals surface area contributed by atoms with Gasteiger partial charge < -0.3 is 15.5 Å². The molecular weight excluding hydrogens is 234 g/mol. The minimum Gasteiger partial charge on any atom is -0.368 e. The van der Waals surface area contributed by atoms with Crippen molar-refractivity contribution in [3.05, 3.63) is 71.2 Å². The Morgan fingerprint density at radius 2 is 2.00 bits per heavy atom. The van der Waals surface area contributed by atoms with Crippen LogP contribution in [0.15, 0.2) is 60.1 Å². The van der Waals surface area contributed by atoms with Gasteiger partial charge >= 0.3 is 0 Å². The molecule has 1 aromatic rings. The van der Waals surface area contributed by atoms with E-state index in [1.807, 2.05) is 6.20 Å². The fourth-order valence-corrected chi connectivity index (χ4v) is 2.42. The van der Waals surface area contributed by atoms with Crippen molar-refractivity contribution in [2.75, 3.05) is 7.05 Å². The van der Waals surface area contributed by atoms with Crippen LogP contribution in [0.4, 0.5) is 0 Å². The molecule has 0 saturated carbocycles. The van der Waals surface area contributed by atoms with E-state index in [4.69, 9.17) is 0 Å². The molecule has 19 heavy (non-hydrogen) atoms. The van der Waals surface area contributed by atoms with Crippen molar-refractivity contribution in [2.45, 2.75) is 19.6 Å². The SMILES string of the molecule is Cc1ccc(CNC2=CC=C3C=CN[C@H]3N2C)cc1. The van der Waals surface area contributed by atoms with E-state index >= 15 is 0 Å². The Labute approximate surface area is 114 Å². The first kappa shape index (κ1) is 11.9. The summed E-state index contributed by atoms with van der Waals surface area (Å²) in [5.41, 5.74) is 3.90. The summed E-state index contributed by atoms with van der Waals surface area (Å²) in [6, 6.07) is 8.64. The zero-order valence-corrected chi connectivity index (χ0v) is 11.4. The number of hydrogen-bond donors (Lipinski definition) is 2. The lowest BCUT2D eigenvalue weighted by molar-refractivity contribution is 0.298. The van der Waals surface area contributed by atoms with Crippen LogP contribution in [-0.4, -0.2) is 18.1 Å². The quantitative estimate of drug-likeness (QED) is 0.865. The molecule has 98 valence electrons. The Balaban J connectivity index is 1.67. The van der Waals surface area contributed by atoms with E-state index in [2.05, 4.69) is 72.0 Å². The van der Waals surface area contributed by atoms with Crippen LogP contribution in [-0.2, 0) is 6.54 Å². The second kappa shape index (κ2) is 4.84. The van der Waals surface area contributed by atoms with Crippen LogP contribution in [0.3, 0.4) is 0 Å². The molecule has 0 amide bonds. The van der Waals surface area contributed by atoms with Crippen molar-refractivity contribution in [1.29, 1.82) is 0 Å². The van der Waals surface area contributed by atoms with Crippen LogP contribution in [0.5, 0.6) is 0 Å². The molecular formula is C16H19N3. The molecule has 3 rings (SSSR count). The molecule has 2 aliphatic heterocycles. The molecule has 2 heterocycles. The monoisotopic (exact) mass is 253 g/mol. The van der Waals surface area contributed by atoms with Gasteiger partial charge in [-0.15, -0.1) is 0 Å². The van der Waals surface area contributed by atoms with Gasteiger partial charge in [-0.1, -0.05) is 35.9 Å². The summed E-state index contributed by atoms with van der Waals surface area (Å²) in [6.45, 7) is 2.96. The Morgan fingerprint density at radius 3 is 2.79 bits per heavy atom. The Kier molecular flexibility index (Phi) is 3.03. The Morgan fingerprint density at radius 1 is 1.21 bits per heavy atom. The van der Waals surface area contributed by atoms with E-state index in [1.165, 1.54) is 16.7 Å². The highest BCUT2D eigenvalue weighted by Crippen LogP contribution is 2.21. The fraction of sp³-hybridized carbons (Fsp3) is 0.250. The van der Waals surface area contributed by atoms with Crippen LogP contribution in [0.25, 0.3) is 0 Å². The summed E-state index contributed by atoms with van der Waals surface area (Å²) in [7, 11) is 2.10. The normalized spacial score (nSPS) is 20.5. The standard InChI is InChI=1S/C16H19N3/c1-12-3-5-13(6-4-12)11-18-15-8-7-14-9-10-17-16(14)19(15)2/h3-10,16-18H,11H2,1-2H3/t16-/m0/s1. The molecule has 2 aliphatic rings. The maximum atomic E-state index is 3.49. The summed E-state index contributed by atoms with van der Waals surface area (Å²) in [5, 5.41) is 6.83. The average Bonchev–Trinajstić information content (AvgIpc) is 2.89. The molecule has 0 bridgehead atoms. The summed E-state index contributed by atoms with van der Waals surface area (Å²) >= 11 is 0. The first-order valence-corrected chi connectivity index (χ1v) is 6.61. The number of allylic oxidation sites excluding steroid dienone is 2. The second-order valence-electron chi connectivity index (χ2n) is 5.07. The number of rotatable bonds is 3. The molecule has 1 atom stereocenters. The van der Waals surface area contributed by atoms with Gasteiger partial charge in [0.05, 0.1) is 0 Å². The van der Waals surface area contributed by atoms with E-state index in [-0.39, 0.29) is 6.17 Å². The van der Waals surface area contributed by atoms with Gasteiger partial charge in [0.1, 0.15) is 12.0 Å². The molecule has 0 saturated heterocycles. The fourth-order valence-electron chi connectivity index (χ4n) is 2.42. The molecule has 0 fully saturated rings. The number of fused-ring (bicyclic) bond motifs is 1. The zero-order chi connectivity index (χ0) is 13.2. The highest BCUT2D eigenvalue weighted by atomic mass is 15.3. The van der Waals surface area contributed by atoms with Gasteiger partial charge in [-0.3, -0.25) is 0 Å². The minimum absolute atomic E-state index is 0.269. The predicted octanol–water partition coefficient (Wildman–Crippen LogP) is 2.24. The van der Waals surface area contributed by atoms with Crippen molar-refractivity contribution in [3.8, 4) is 0 Å². The smallest absolute Gasteiger partial charge is 0.126 e. The predicted molar refractivity (Wildman–Crippen MR) is 78.0 cm³/mol. The van der Waals surface area contributed by atoms with Crippen molar-refractivity contribution in [2.24, 2.45) is 0 Å². The summed E-state index contributed by atoms with van der Waals surface area (Å²) < 4.78 is 0. The largest absolute Gasteiger partial charge is 0.368 e. The van der Waals surface area contributed by atoms with E-state index in [9.17, 15) is 0 Å². The number of benzene rings is 1. The minimum atomic E-state index is 0.269. The van der Waals surface area contributed by atoms with E-state index < -0.39 is 0 Å². The molecule has 3 heteroatoms. The van der Waals surface area contributed by atoms with Gasteiger partial charge in [-0.2, -0.15) is 0 Å². The lowest BCUT2D eigenvalue weighted by Gasteiger charge is -2.33. The number of hydrogen-bond acceptors (Lipinski definition) is 3. The lowest BCUT2D eigenvalue weighted by atomic mass is 10.1. The second-order valence-corrected chi connectivity index (χ2v) is 5.07. The number of likely N-dealkylation sites (N-methyl/N-ethyl adjacent to an activating group) is 1. The molecule has 1 aromatic carbocycles. The molecule has 2 N–H and O–H groups in total. The van der Waals surface area contributed by atoms with Crippen LogP contribution in [0.1, 0.15) is 11.1 Å². The van der Waals surface area contributed by atoms with Gasteiger partial charge in [0.15, 0.2) is 0 Å². The molecule has 0 aliphatic carbocycles. The topological polar surface area (TPSA) is 27.3 Å². The third-order valence-electron chi connectivity index (χ3n) is 3.64. The van der Waals surface area contributed by atoms with Gasteiger partial charge in [-0.25, -0.2) is 0 Å². The van der Waals surface area contributed by atoms with Crippen LogP contribution >= 0.6 is 0 Å². The first-order valence-electron chi connectivity index (χ1n) is 6.61. The van der Waals surface area contributed by atoms with Gasteiger partial charge in [0, 0.05) is 13.6 Å². The molecule has 0 spiro atoms. The highest BCUT2D eigenvalue weighted by Gasteiger charge is 2.24. The van der Waals surface area contributed by atoms with Crippen LogP contribution in [0.2, 0.25) is 0 Å². The molecule has 3 nitrogen and oxygen atoms in total. The summed E-state index contributed by atoms with van der Waals surface area (Å²) in [4.78, 5) is 2.23. The third kappa shape index (κ3) is 2.36. The highest BCUT2D eigenvalue weighted by molar-refractivity contribution is 5.38. The Bertz CT molecular complexity index is 552. The van der Waals surface area contributed by atoms with E-state index in [0.29, 0.717) is 0 Å². The van der Waals surface area contributed by atoms with E-state index in [0.717, 1.165) is 12.4 Å². The zero-order valence-electron chi connectivity index (χ0n) is 11.4. The molecule has 0 radical (unpaired) electrons. The van der Waals surface area contributed by atoms with Crippen LogP contribution in [0, 0.1) is 6.92 Å². The maximum absolute atomic E-state index is 3.49. The molecule has 0 aromatic heterocycles. The van der Waals surface area contributed by atoms with Gasteiger partial charge in [-0.05, 0) is 36.4 Å². The third-order valence-corrected chi connectivity index (χ3v) is 3.64. The number of aryl methyl sites for hydroxylation is 1. The lowest BCUT2D eigenvalue weighted by Crippen LogP contribution is -2.44.